The molecule has 3 heteroatoms. The SMILES string of the molecule is CC(C)n1nccc1C1(O)CCCCC1(C)C. The predicted octanol–water partition coefficient (Wildman–Crippen LogP) is 3.25. The molecule has 0 aromatic carbocycles. The molecule has 1 N–H and O–H groups in total. The largest absolute Gasteiger partial charge is 0.383 e. The van der Waals surface area contributed by atoms with E-state index < -0.39 is 5.60 Å². The Hall–Kier alpha value is -0.830. The third-order valence-corrected chi connectivity index (χ3v) is 4.29. The van der Waals surface area contributed by atoms with E-state index in [4.69, 9.17) is 0 Å². The van der Waals surface area contributed by atoms with Gasteiger partial charge in [-0.3, -0.25) is 4.68 Å². The molecular formula is C14H24N2O. The summed E-state index contributed by atoms with van der Waals surface area (Å²) in [4.78, 5) is 0. The molecule has 0 bridgehead atoms. The summed E-state index contributed by atoms with van der Waals surface area (Å²) < 4.78 is 1.97. The molecule has 1 fully saturated rings. The molecule has 1 unspecified atom stereocenters. The highest BCUT2D eigenvalue weighted by Crippen LogP contribution is 2.50. The molecule has 1 aliphatic carbocycles. The van der Waals surface area contributed by atoms with Crippen molar-refractivity contribution in [3.8, 4) is 0 Å². The maximum absolute atomic E-state index is 11.1. The van der Waals surface area contributed by atoms with E-state index in [9.17, 15) is 5.11 Å². The Labute approximate surface area is 104 Å². The zero-order chi connectivity index (χ0) is 12.7. The fourth-order valence-electron chi connectivity index (χ4n) is 3.02. The second-order valence-corrected chi connectivity index (χ2v) is 6.21. The van der Waals surface area contributed by atoms with Gasteiger partial charge in [-0.15, -0.1) is 0 Å². The Morgan fingerprint density at radius 3 is 2.53 bits per heavy atom. The Kier molecular flexibility index (Phi) is 3.06. The predicted molar refractivity (Wildman–Crippen MR) is 68.8 cm³/mol. The first-order valence-corrected chi connectivity index (χ1v) is 6.65. The highest BCUT2D eigenvalue weighted by Gasteiger charge is 2.48. The molecule has 1 heterocycles. The van der Waals surface area contributed by atoms with Gasteiger partial charge < -0.3 is 5.11 Å². The van der Waals surface area contributed by atoms with Gasteiger partial charge in [-0.2, -0.15) is 5.10 Å². The minimum atomic E-state index is -0.730. The van der Waals surface area contributed by atoms with Crippen LogP contribution in [0.2, 0.25) is 0 Å². The van der Waals surface area contributed by atoms with E-state index in [1.807, 2.05) is 10.7 Å². The zero-order valence-corrected chi connectivity index (χ0v) is 11.4. The monoisotopic (exact) mass is 236 g/mol. The van der Waals surface area contributed by atoms with E-state index in [1.165, 1.54) is 6.42 Å². The van der Waals surface area contributed by atoms with Crippen molar-refractivity contribution in [2.75, 3.05) is 0 Å². The number of hydrogen-bond acceptors (Lipinski definition) is 2. The van der Waals surface area contributed by atoms with Crippen molar-refractivity contribution in [1.82, 2.24) is 9.78 Å². The van der Waals surface area contributed by atoms with Gasteiger partial charge in [0, 0.05) is 12.2 Å². The second-order valence-electron chi connectivity index (χ2n) is 6.21. The van der Waals surface area contributed by atoms with Gasteiger partial charge in [0.15, 0.2) is 0 Å². The average Bonchev–Trinajstić information content (AvgIpc) is 2.71. The second kappa shape index (κ2) is 4.13. The zero-order valence-electron chi connectivity index (χ0n) is 11.4. The Morgan fingerprint density at radius 1 is 1.29 bits per heavy atom. The van der Waals surface area contributed by atoms with Crippen LogP contribution in [-0.2, 0) is 5.60 Å². The van der Waals surface area contributed by atoms with Crippen LogP contribution in [0.5, 0.6) is 0 Å². The molecule has 1 aromatic heterocycles. The van der Waals surface area contributed by atoms with E-state index >= 15 is 0 Å². The molecule has 0 aliphatic heterocycles. The summed E-state index contributed by atoms with van der Waals surface area (Å²) in [7, 11) is 0. The molecule has 17 heavy (non-hydrogen) atoms. The molecule has 3 nitrogen and oxygen atoms in total. The number of hydrogen-bond donors (Lipinski definition) is 1. The van der Waals surface area contributed by atoms with Crippen molar-refractivity contribution in [3.05, 3.63) is 18.0 Å². The van der Waals surface area contributed by atoms with Crippen LogP contribution in [-0.4, -0.2) is 14.9 Å². The van der Waals surface area contributed by atoms with Crippen molar-refractivity contribution in [1.29, 1.82) is 0 Å². The molecule has 0 radical (unpaired) electrons. The Morgan fingerprint density at radius 2 is 1.94 bits per heavy atom. The lowest BCUT2D eigenvalue weighted by molar-refractivity contribution is -0.110. The molecule has 0 spiro atoms. The van der Waals surface area contributed by atoms with Gasteiger partial charge in [-0.25, -0.2) is 0 Å². The maximum Gasteiger partial charge on any atom is 0.111 e. The van der Waals surface area contributed by atoms with Gasteiger partial charge in [-0.1, -0.05) is 26.7 Å². The first kappa shape index (κ1) is 12.6. The van der Waals surface area contributed by atoms with Gasteiger partial charge >= 0.3 is 0 Å². The van der Waals surface area contributed by atoms with Crippen LogP contribution >= 0.6 is 0 Å². The number of aliphatic hydroxyl groups is 1. The normalized spacial score (nSPS) is 28.6. The minimum absolute atomic E-state index is 0.0715. The minimum Gasteiger partial charge on any atom is -0.383 e. The molecule has 0 amide bonds. The Bertz CT molecular complexity index is 395. The third-order valence-electron chi connectivity index (χ3n) is 4.29. The summed E-state index contributed by atoms with van der Waals surface area (Å²) in [5.74, 6) is 0. The fourth-order valence-corrected chi connectivity index (χ4v) is 3.02. The van der Waals surface area contributed by atoms with Crippen molar-refractivity contribution < 1.29 is 5.11 Å². The van der Waals surface area contributed by atoms with E-state index in [1.54, 1.807) is 6.20 Å². The molecule has 2 rings (SSSR count). The summed E-state index contributed by atoms with van der Waals surface area (Å²) in [6, 6.07) is 2.27. The highest BCUT2D eigenvalue weighted by molar-refractivity contribution is 5.18. The van der Waals surface area contributed by atoms with Gasteiger partial charge in [0.25, 0.3) is 0 Å². The summed E-state index contributed by atoms with van der Waals surface area (Å²) in [6.45, 7) is 8.55. The topological polar surface area (TPSA) is 38.0 Å². The van der Waals surface area contributed by atoms with Crippen LogP contribution < -0.4 is 0 Å². The fraction of sp³-hybridized carbons (Fsp3) is 0.786. The molecule has 96 valence electrons. The molecule has 1 atom stereocenters. The summed E-state index contributed by atoms with van der Waals surface area (Å²) in [6.07, 6.45) is 6.04. The lowest BCUT2D eigenvalue weighted by atomic mass is 9.64. The van der Waals surface area contributed by atoms with Crippen LogP contribution in [0.4, 0.5) is 0 Å². The summed E-state index contributed by atoms with van der Waals surface area (Å²) in [5.41, 5.74) is 0.182. The van der Waals surface area contributed by atoms with Crippen LogP contribution in [0.3, 0.4) is 0 Å². The van der Waals surface area contributed by atoms with Gasteiger partial charge in [0.2, 0.25) is 0 Å². The summed E-state index contributed by atoms with van der Waals surface area (Å²) in [5, 5.41) is 15.5. The van der Waals surface area contributed by atoms with Crippen LogP contribution in [0.15, 0.2) is 12.3 Å². The van der Waals surface area contributed by atoms with Crippen molar-refractivity contribution >= 4 is 0 Å². The maximum atomic E-state index is 11.1. The lowest BCUT2D eigenvalue weighted by Gasteiger charge is -2.46. The van der Waals surface area contributed by atoms with Crippen molar-refractivity contribution in [2.45, 2.75) is 65.0 Å². The number of nitrogens with zero attached hydrogens (tertiary/aromatic N) is 2. The molecule has 1 aliphatic rings. The highest BCUT2D eigenvalue weighted by atomic mass is 16.3. The first-order valence-electron chi connectivity index (χ1n) is 6.65. The van der Waals surface area contributed by atoms with E-state index in [0.29, 0.717) is 6.04 Å². The van der Waals surface area contributed by atoms with Crippen LogP contribution in [0, 0.1) is 5.41 Å². The van der Waals surface area contributed by atoms with Crippen molar-refractivity contribution in [2.24, 2.45) is 5.41 Å². The van der Waals surface area contributed by atoms with Gasteiger partial charge in [0.05, 0.1) is 5.69 Å². The van der Waals surface area contributed by atoms with E-state index in [2.05, 4.69) is 32.8 Å². The molecule has 1 aromatic rings. The molecule has 0 saturated heterocycles. The number of aromatic nitrogens is 2. The number of rotatable bonds is 2. The lowest BCUT2D eigenvalue weighted by Crippen LogP contribution is -2.46. The first-order chi connectivity index (χ1) is 7.88. The van der Waals surface area contributed by atoms with Gasteiger partial charge in [0.1, 0.15) is 5.60 Å². The molecule has 1 saturated carbocycles. The molecular weight excluding hydrogens is 212 g/mol. The smallest absolute Gasteiger partial charge is 0.111 e. The summed E-state index contributed by atoms with van der Waals surface area (Å²) >= 11 is 0. The Balaban J connectivity index is 2.46. The van der Waals surface area contributed by atoms with Crippen molar-refractivity contribution in [3.63, 3.8) is 0 Å². The standard InChI is InChI=1S/C14H24N2O/c1-11(2)16-12(7-10-15-16)14(17)9-6-5-8-13(14,3)4/h7,10-11,17H,5-6,8-9H2,1-4H3. The quantitative estimate of drug-likeness (QED) is 0.856. The third kappa shape index (κ3) is 1.90. The van der Waals surface area contributed by atoms with E-state index in [-0.39, 0.29) is 5.41 Å². The van der Waals surface area contributed by atoms with Crippen LogP contribution in [0.1, 0.15) is 65.1 Å². The van der Waals surface area contributed by atoms with E-state index in [0.717, 1.165) is 25.0 Å². The van der Waals surface area contributed by atoms with Gasteiger partial charge in [-0.05, 0) is 38.2 Å². The van der Waals surface area contributed by atoms with Crippen LogP contribution in [0.25, 0.3) is 0 Å². The average molecular weight is 236 g/mol.